The van der Waals surface area contributed by atoms with Crippen molar-refractivity contribution in [3.8, 4) is 0 Å². The van der Waals surface area contributed by atoms with E-state index >= 15 is 0 Å². The molecule has 0 amide bonds. The van der Waals surface area contributed by atoms with Crippen LogP contribution >= 0.6 is 0 Å². The number of likely N-dealkylation sites (N-methyl/N-ethyl adjacent to an activating group) is 1. The molecule has 2 atom stereocenters. The number of rotatable bonds is 2. The zero-order valence-corrected chi connectivity index (χ0v) is 13.3. The second kappa shape index (κ2) is 8.46. The van der Waals surface area contributed by atoms with Gasteiger partial charge in [-0.25, -0.2) is 0 Å². The molecule has 3 nitrogen and oxygen atoms in total. The van der Waals surface area contributed by atoms with Gasteiger partial charge < -0.3 is 5.32 Å². The summed E-state index contributed by atoms with van der Waals surface area (Å²) in [4.78, 5) is 0. The zero-order valence-electron chi connectivity index (χ0n) is 13.3. The maximum absolute atomic E-state index is 4.68. The Morgan fingerprint density at radius 2 is 1.60 bits per heavy atom. The van der Waals surface area contributed by atoms with Crippen LogP contribution in [0, 0.1) is 6.92 Å². The average molecular weight is 277 g/mol. The van der Waals surface area contributed by atoms with Crippen molar-refractivity contribution < 1.29 is 0 Å². The molecule has 1 aromatic rings. The molecule has 0 saturated heterocycles. The van der Waals surface area contributed by atoms with Crippen LogP contribution in [-0.2, 0) is 0 Å². The second-order valence-corrected chi connectivity index (χ2v) is 6.31. The van der Waals surface area contributed by atoms with E-state index in [9.17, 15) is 0 Å². The van der Waals surface area contributed by atoms with Gasteiger partial charge >= 0.3 is 0 Å². The monoisotopic (exact) mass is 277 g/mol. The van der Waals surface area contributed by atoms with Gasteiger partial charge in [0.1, 0.15) is 0 Å². The minimum Gasteiger partial charge on any atom is -0.315 e. The molecule has 0 aliphatic heterocycles. The van der Waals surface area contributed by atoms with Gasteiger partial charge in [-0.2, -0.15) is 5.10 Å². The molecule has 0 aromatic carbocycles. The van der Waals surface area contributed by atoms with E-state index in [0.29, 0.717) is 12.1 Å². The lowest BCUT2D eigenvalue weighted by atomic mass is 9.94. The van der Waals surface area contributed by atoms with E-state index in [1.807, 2.05) is 0 Å². The second-order valence-electron chi connectivity index (χ2n) is 6.31. The van der Waals surface area contributed by atoms with E-state index in [2.05, 4.69) is 41.3 Å². The smallest absolute Gasteiger partial charge is 0.0672 e. The third kappa shape index (κ3) is 4.62. The van der Waals surface area contributed by atoms with E-state index < -0.39 is 0 Å². The Morgan fingerprint density at radius 3 is 2.15 bits per heavy atom. The highest BCUT2D eigenvalue weighted by atomic mass is 15.3. The highest BCUT2D eigenvalue weighted by Crippen LogP contribution is 2.25. The fourth-order valence-electron chi connectivity index (χ4n) is 3.44. The van der Waals surface area contributed by atoms with E-state index in [-0.39, 0.29) is 0 Å². The van der Waals surface area contributed by atoms with E-state index in [4.69, 9.17) is 0 Å². The van der Waals surface area contributed by atoms with Crippen molar-refractivity contribution in [2.75, 3.05) is 7.05 Å². The first kappa shape index (κ1) is 15.6. The normalized spacial score (nSPS) is 26.7. The summed E-state index contributed by atoms with van der Waals surface area (Å²) in [5.74, 6) is 0. The predicted molar refractivity (Wildman–Crippen MR) is 85.0 cm³/mol. The first-order valence-corrected chi connectivity index (χ1v) is 8.50. The Morgan fingerprint density at radius 1 is 1.00 bits per heavy atom. The Bertz CT molecular complexity index is 372. The summed E-state index contributed by atoms with van der Waals surface area (Å²) in [6.45, 7) is 2.08. The van der Waals surface area contributed by atoms with Gasteiger partial charge in [-0.3, -0.25) is 4.68 Å². The molecule has 3 heteroatoms. The molecule has 1 aromatic heterocycles. The van der Waals surface area contributed by atoms with Crippen molar-refractivity contribution >= 4 is 0 Å². The molecular weight excluding hydrogens is 246 g/mol. The first-order chi connectivity index (χ1) is 9.81. The maximum Gasteiger partial charge on any atom is 0.0672 e. The van der Waals surface area contributed by atoms with Gasteiger partial charge in [0, 0.05) is 12.2 Å². The number of hydrogen-bond donors (Lipinski definition) is 1. The molecule has 1 aliphatic carbocycles. The van der Waals surface area contributed by atoms with Crippen molar-refractivity contribution in [1.82, 2.24) is 15.1 Å². The SMILES string of the molecule is CNC1CCCCCCCCCCC1n1ccc(C)n1. The summed E-state index contributed by atoms with van der Waals surface area (Å²) < 4.78 is 2.21. The van der Waals surface area contributed by atoms with Gasteiger partial charge in [-0.1, -0.05) is 51.4 Å². The first-order valence-electron chi connectivity index (χ1n) is 8.50. The summed E-state index contributed by atoms with van der Waals surface area (Å²) in [6.07, 6.45) is 15.9. The standard InChI is InChI=1S/C17H31N3/c1-15-13-14-20(19-15)17-12-10-8-6-4-3-5-7-9-11-16(17)18-2/h13-14,16-18H,3-12H2,1-2H3. The van der Waals surface area contributed by atoms with Crippen LogP contribution in [0.15, 0.2) is 12.3 Å². The van der Waals surface area contributed by atoms with Gasteiger partial charge in [0.2, 0.25) is 0 Å². The molecule has 1 fully saturated rings. The van der Waals surface area contributed by atoms with Crippen LogP contribution in [0.2, 0.25) is 0 Å². The minimum absolute atomic E-state index is 0.521. The predicted octanol–water partition coefficient (Wildman–Crippen LogP) is 4.24. The van der Waals surface area contributed by atoms with Crippen LogP contribution in [0.4, 0.5) is 0 Å². The minimum atomic E-state index is 0.521. The lowest BCUT2D eigenvalue weighted by Crippen LogP contribution is -2.35. The van der Waals surface area contributed by atoms with Crippen LogP contribution in [0.25, 0.3) is 0 Å². The number of nitrogens with one attached hydrogen (secondary N) is 1. The summed E-state index contributed by atoms with van der Waals surface area (Å²) >= 11 is 0. The Hall–Kier alpha value is -0.830. The van der Waals surface area contributed by atoms with Gasteiger partial charge in [0.15, 0.2) is 0 Å². The van der Waals surface area contributed by atoms with Crippen molar-refractivity contribution in [2.45, 2.75) is 83.2 Å². The molecule has 2 unspecified atom stereocenters. The third-order valence-corrected chi connectivity index (χ3v) is 4.68. The highest BCUT2D eigenvalue weighted by Gasteiger charge is 2.22. The molecule has 0 bridgehead atoms. The van der Waals surface area contributed by atoms with E-state index in [1.54, 1.807) is 0 Å². The van der Waals surface area contributed by atoms with Crippen molar-refractivity contribution in [3.63, 3.8) is 0 Å². The summed E-state index contributed by atoms with van der Waals surface area (Å²) in [6, 6.07) is 3.21. The topological polar surface area (TPSA) is 29.9 Å². The van der Waals surface area contributed by atoms with Crippen molar-refractivity contribution in [2.24, 2.45) is 0 Å². The summed E-state index contributed by atoms with van der Waals surface area (Å²) in [5, 5.41) is 8.23. The Balaban J connectivity index is 2.04. The van der Waals surface area contributed by atoms with E-state index in [1.165, 1.54) is 64.2 Å². The molecule has 1 aliphatic rings. The molecule has 114 valence electrons. The fraction of sp³-hybridized carbons (Fsp3) is 0.824. The van der Waals surface area contributed by atoms with Gasteiger partial charge in [0.05, 0.1) is 11.7 Å². The quantitative estimate of drug-likeness (QED) is 0.876. The van der Waals surface area contributed by atoms with E-state index in [0.717, 1.165) is 5.69 Å². The average Bonchev–Trinajstić information content (AvgIpc) is 2.86. The maximum atomic E-state index is 4.68. The zero-order chi connectivity index (χ0) is 14.2. The molecule has 1 N–H and O–H groups in total. The molecule has 1 heterocycles. The fourth-order valence-corrected chi connectivity index (χ4v) is 3.44. The third-order valence-electron chi connectivity index (χ3n) is 4.68. The summed E-state index contributed by atoms with van der Waals surface area (Å²) in [7, 11) is 2.11. The van der Waals surface area contributed by atoms with Gasteiger partial charge in [-0.05, 0) is 32.9 Å². The lowest BCUT2D eigenvalue weighted by molar-refractivity contribution is 0.289. The molecule has 2 rings (SSSR count). The van der Waals surface area contributed by atoms with Crippen molar-refractivity contribution in [1.29, 1.82) is 0 Å². The Kier molecular flexibility index (Phi) is 6.58. The largest absolute Gasteiger partial charge is 0.315 e. The molecular formula is C17H31N3. The molecule has 1 saturated carbocycles. The van der Waals surface area contributed by atoms with Crippen LogP contribution in [0.1, 0.15) is 75.9 Å². The highest BCUT2D eigenvalue weighted by molar-refractivity contribution is 4.97. The number of aryl methyl sites for hydroxylation is 1. The molecule has 0 radical (unpaired) electrons. The van der Waals surface area contributed by atoms with Gasteiger partial charge in [-0.15, -0.1) is 0 Å². The summed E-state index contributed by atoms with van der Waals surface area (Å²) in [5.41, 5.74) is 1.13. The van der Waals surface area contributed by atoms with Crippen LogP contribution in [0.3, 0.4) is 0 Å². The van der Waals surface area contributed by atoms with Gasteiger partial charge in [0.25, 0.3) is 0 Å². The van der Waals surface area contributed by atoms with Crippen LogP contribution in [-0.4, -0.2) is 22.9 Å². The van der Waals surface area contributed by atoms with Crippen molar-refractivity contribution in [3.05, 3.63) is 18.0 Å². The molecule has 0 spiro atoms. The van der Waals surface area contributed by atoms with Crippen LogP contribution < -0.4 is 5.32 Å². The number of hydrogen-bond acceptors (Lipinski definition) is 2. The van der Waals surface area contributed by atoms with Crippen LogP contribution in [0.5, 0.6) is 0 Å². The number of nitrogens with zero attached hydrogens (tertiary/aromatic N) is 2. The molecule has 20 heavy (non-hydrogen) atoms. The Labute approximate surface area is 124 Å². The number of aromatic nitrogens is 2. The lowest BCUT2D eigenvalue weighted by Gasteiger charge is -2.28.